The van der Waals surface area contributed by atoms with E-state index in [0.717, 1.165) is 58.6 Å². The predicted octanol–water partition coefficient (Wildman–Crippen LogP) is 4.45. The van der Waals surface area contributed by atoms with Gasteiger partial charge in [-0.15, -0.1) is 0 Å². The molecular formula is C27H24N4O. The van der Waals surface area contributed by atoms with Crippen molar-refractivity contribution in [3.05, 3.63) is 95.3 Å². The fourth-order valence-electron chi connectivity index (χ4n) is 4.20. The number of aromatic amines is 1. The zero-order valence-corrected chi connectivity index (χ0v) is 17.7. The van der Waals surface area contributed by atoms with Crippen LogP contribution in [0.3, 0.4) is 0 Å². The third-order valence-electron chi connectivity index (χ3n) is 5.85. The maximum atomic E-state index is 13.0. The van der Waals surface area contributed by atoms with Crippen LogP contribution in [0.1, 0.15) is 41.4 Å². The van der Waals surface area contributed by atoms with Crippen LogP contribution >= 0.6 is 0 Å². The molecule has 1 aromatic heterocycles. The van der Waals surface area contributed by atoms with Gasteiger partial charge in [0.2, 0.25) is 5.91 Å². The zero-order valence-electron chi connectivity index (χ0n) is 17.7. The molecule has 1 aliphatic rings. The lowest BCUT2D eigenvalue weighted by molar-refractivity contribution is -0.131. The average molecular weight is 421 g/mol. The normalized spacial score (nSPS) is 15.5. The van der Waals surface area contributed by atoms with E-state index in [0.29, 0.717) is 6.42 Å². The van der Waals surface area contributed by atoms with Gasteiger partial charge in [0, 0.05) is 23.4 Å². The third-order valence-corrected chi connectivity index (χ3v) is 5.85. The standard InChI is InChI=1S/C27H24N4O/c28-22-13-10-19(11-14-22)8-9-21-12-15-23-24(17-21)30-27(29-23)25-7-4-16-31(25)26(32)18-20-5-2-1-3-6-20/h1-3,5-6,10-15,17,25H,4,7,16,18,28H2,(H,29,30)/t25-/m0/s1. The molecule has 5 heteroatoms. The molecule has 32 heavy (non-hydrogen) atoms. The van der Waals surface area contributed by atoms with Gasteiger partial charge in [0.25, 0.3) is 0 Å². The van der Waals surface area contributed by atoms with Crippen LogP contribution in [0.4, 0.5) is 5.69 Å². The summed E-state index contributed by atoms with van der Waals surface area (Å²) in [7, 11) is 0. The Bertz CT molecular complexity index is 1310. The molecular weight excluding hydrogens is 396 g/mol. The minimum Gasteiger partial charge on any atom is -0.399 e. The minimum absolute atomic E-state index is 0.0112. The first kappa shape index (κ1) is 19.9. The maximum Gasteiger partial charge on any atom is 0.227 e. The smallest absolute Gasteiger partial charge is 0.227 e. The Morgan fingerprint density at radius 2 is 1.78 bits per heavy atom. The van der Waals surface area contributed by atoms with Crippen molar-refractivity contribution in [1.29, 1.82) is 0 Å². The van der Waals surface area contributed by atoms with E-state index in [9.17, 15) is 4.79 Å². The number of likely N-dealkylation sites (tertiary alicyclic amines) is 1. The SMILES string of the molecule is Nc1ccc(C#Cc2ccc3nc([C@@H]4CCCN4C(=O)Cc4ccccc4)[nH]c3c2)cc1. The summed E-state index contributed by atoms with van der Waals surface area (Å²) in [6.45, 7) is 0.770. The predicted molar refractivity (Wildman–Crippen MR) is 127 cm³/mol. The summed E-state index contributed by atoms with van der Waals surface area (Å²) in [5, 5.41) is 0. The molecule has 0 saturated carbocycles. The Hall–Kier alpha value is -4.04. The molecule has 2 heterocycles. The highest BCUT2D eigenvalue weighted by Gasteiger charge is 2.31. The van der Waals surface area contributed by atoms with Crippen LogP contribution in [0.15, 0.2) is 72.8 Å². The Labute approximate surface area is 187 Å². The first-order valence-electron chi connectivity index (χ1n) is 10.9. The van der Waals surface area contributed by atoms with E-state index in [4.69, 9.17) is 10.7 Å². The van der Waals surface area contributed by atoms with Gasteiger partial charge in [-0.05, 0) is 60.9 Å². The Kier molecular flexibility index (Phi) is 5.35. The van der Waals surface area contributed by atoms with E-state index in [1.807, 2.05) is 77.7 Å². The quantitative estimate of drug-likeness (QED) is 0.380. The van der Waals surface area contributed by atoms with Crippen molar-refractivity contribution in [2.45, 2.75) is 25.3 Å². The number of nitrogen functional groups attached to an aromatic ring is 1. The Morgan fingerprint density at radius 3 is 2.59 bits per heavy atom. The van der Waals surface area contributed by atoms with Crippen LogP contribution in [-0.4, -0.2) is 27.3 Å². The summed E-state index contributed by atoms with van der Waals surface area (Å²) in [5.74, 6) is 7.37. The number of nitrogens with zero attached hydrogens (tertiary/aromatic N) is 2. The van der Waals surface area contributed by atoms with Gasteiger partial charge in [-0.2, -0.15) is 0 Å². The molecule has 1 atom stereocenters. The van der Waals surface area contributed by atoms with E-state index in [1.54, 1.807) is 0 Å². The number of nitrogens with one attached hydrogen (secondary N) is 1. The summed E-state index contributed by atoms with van der Waals surface area (Å²) in [6.07, 6.45) is 2.33. The highest BCUT2D eigenvalue weighted by Crippen LogP contribution is 2.32. The fourth-order valence-corrected chi connectivity index (χ4v) is 4.20. The van der Waals surface area contributed by atoms with Crippen molar-refractivity contribution in [3.63, 3.8) is 0 Å². The van der Waals surface area contributed by atoms with Gasteiger partial charge in [0.15, 0.2) is 0 Å². The molecule has 1 amide bonds. The summed E-state index contributed by atoms with van der Waals surface area (Å²) in [5.41, 5.74) is 11.2. The average Bonchev–Trinajstić information content (AvgIpc) is 3.46. The second kappa shape index (κ2) is 8.60. The first-order valence-corrected chi connectivity index (χ1v) is 10.9. The van der Waals surface area contributed by atoms with Crippen molar-refractivity contribution in [2.24, 2.45) is 0 Å². The fraction of sp³-hybridized carbons (Fsp3) is 0.185. The topological polar surface area (TPSA) is 75.0 Å². The molecule has 0 spiro atoms. The molecule has 0 bridgehead atoms. The lowest BCUT2D eigenvalue weighted by Gasteiger charge is -2.23. The van der Waals surface area contributed by atoms with E-state index in [2.05, 4.69) is 16.8 Å². The Balaban J connectivity index is 1.36. The number of benzene rings is 3. The molecule has 158 valence electrons. The number of rotatable bonds is 3. The summed E-state index contributed by atoms with van der Waals surface area (Å²) in [6, 6.07) is 23.4. The number of imidazole rings is 1. The molecule has 0 aliphatic carbocycles. The third kappa shape index (κ3) is 4.21. The molecule has 5 nitrogen and oxygen atoms in total. The van der Waals surface area contributed by atoms with Crippen molar-refractivity contribution in [3.8, 4) is 11.8 Å². The lowest BCUT2D eigenvalue weighted by atomic mass is 10.1. The van der Waals surface area contributed by atoms with Crippen molar-refractivity contribution in [1.82, 2.24) is 14.9 Å². The number of fused-ring (bicyclic) bond motifs is 1. The zero-order chi connectivity index (χ0) is 21.9. The van der Waals surface area contributed by atoms with Gasteiger partial charge in [-0.3, -0.25) is 4.79 Å². The van der Waals surface area contributed by atoms with Gasteiger partial charge in [0.05, 0.1) is 23.5 Å². The monoisotopic (exact) mass is 420 g/mol. The number of aromatic nitrogens is 2. The van der Waals surface area contributed by atoms with Crippen LogP contribution < -0.4 is 5.73 Å². The number of hydrogen-bond acceptors (Lipinski definition) is 3. The van der Waals surface area contributed by atoms with Crippen molar-refractivity contribution in [2.75, 3.05) is 12.3 Å². The molecule has 1 fully saturated rings. The van der Waals surface area contributed by atoms with Crippen LogP contribution in [0, 0.1) is 11.8 Å². The number of hydrogen-bond donors (Lipinski definition) is 2. The van der Waals surface area contributed by atoms with Crippen molar-refractivity contribution < 1.29 is 4.79 Å². The molecule has 1 saturated heterocycles. The molecule has 3 N–H and O–H groups in total. The molecule has 4 aromatic rings. The highest BCUT2D eigenvalue weighted by atomic mass is 16.2. The van der Waals surface area contributed by atoms with E-state index < -0.39 is 0 Å². The summed E-state index contributed by atoms with van der Waals surface area (Å²) < 4.78 is 0. The van der Waals surface area contributed by atoms with Crippen molar-refractivity contribution >= 4 is 22.6 Å². The second-order valence-corrected chi connectivity index (χ2v) is 8.13. The Morgan fingerprint density at radius 1 is 1.03 bits per heavy atom. The number of carbonyl (C=O) groups is 1. The van der Waals surface area contributed by atoms with E-state index >= 15 is 0 Å². The first-order chi connectivity index (χ1) is 15.7. The number of carbonyl (C=O) groups excluding carboxylic acids is 1. The van der Waals surface area contributed by atoms with Gasteiger partial charge in [0.1, 0.15) is 5.82 Å². The summed E-state index contributed by atoms with van der Waals surface area (Å²) in [4.78, 5) is 23.2. The lowest BCUT2D eigenvalue weighted by Crippen LogP contribution is -2.32. The molecule has 5 rings (SSSR count). The molecule has 0 radical (unpaired) electrons. The van der Waals surface area contributed by atoms with E-state index in [1.165, 1.54) is 0 Å². The highest BCUT2D eigenvalue weighted by molar-refractivity contribution is 5.80. The summed E-state index contributed by atoms with van der Waals surface area (Å²) >= 11 is 0. The van der Waals surface area contributed by atoms with Gasteiger partial charge >= 0.3 is 0 Å². The number of nitrogens with two attached hydrogens (primary N) is 1. The number of anilines is 1. The van der Waals surface area contributed by atoms with E-state index in [-0.39, 0.29) is 11.9 Å². The number of H-pyrrole nitrogens is 1. The van der Waals surface area contributed by atoms with Crippen LogP contribution in [0.2, 0.25) is 0 Å². The van der Waals surface area contributed by atoms with Gasteiger partial charge < -0.3 is 15.6 Å². The minimum atomic E-state index is -0.0112. The van der Waals surface area contributed by atoms with Gasteiger partial charge in [-0.25, -0.2) is 4.98 Å². The van der Waals surface area contributed by atoms with Gasteiger partial charge in [-0.1, -0.05) is 42.2 Å². The second-order valence-electron chi connectivity index (χ2n) is 8.13. The van der Waals surface area contributed by atoms with Crippen LogP contribution in [0.5, 0.6) is 0 Å². The maximum absolute atomic E-state index is 13.0. The largest absolute Gasteiger partial charge is 0.399 e. The van der Waals surface area contributed by atoms with Crippen LogP contribution in [0.25, 0.3) is 11.0 Å². The molecule has 3 aromatic carbocycles. The molecule has 1 aliphatic heterocycles. The molecule has 0 unspecified atom stereocenters. The van der Waals surface area contributed by atoms with Crippen LogP contribution in [-0.2, 0) is 11.2 Å². The number of amides is 1.